The summed E-state index contributed by atoms with van der Waals surface area (Å²) in [7, 11) is 0.289. The Hall–Kier alpha value is -2.05. The highest BCUT2D eigenvalue weighted by Gasteiger charge is 2.49. The molecule has 1 heterocycles. The molecule has 0 amide bonds. The zero-order valence-electron chi connectivity index (χ0n) is 18.4. The highest BCUT2D eigenvalue weighted by Crippen LogP contribution is 2.49. The largest absolute Gasteiger partial charge is 0.399 e. The van der Waals surface area contributed by atoms with Crippen LogP contribution in [0.15, 0.2) is 47.4 Å². The zero-order chi connectivity index (χ0) is 22.1. The molecule has 2 aromatic rings. The van der Waals surface area contributed by atoms with Crippen molar-refractivity contribution in [2.45, 2.75) is 56.4 Å². The number of anilines is 2. The van der Waals surface area contributed by atoms with E-state index in [2.05, 4.69) is 6.92 Å². The van der Waals surface area contributed by atoms with Crippen LogP contribution in [0.5, 0.6) is 0 Å². The van der Waals surface area contributed by atoms with Gasteiger partial charge in [0.25, 0.3) is 0 Å². The smallest absolute Gasteiger partial charge is 0.179 e. The molecule has 0 bridgehead atoms. The predicted octanol–water partition coefficient (Wildman–Crippen LogP) is 4.20. The van der Waals surface area contributed by atoms with Crippen molar-refractivity contribution in [2.24, 2.45) is 5.41 Å². The Balaban J connectivity index is 2.32. The van der Waals surface area contributed by atoms with Crippen LogP contribution in [-0.4, -0.2) is 39.5 Å². The Labute approximate surface area is 180 Å². The molecule has 0 radical (unpaired) electrons. The summed E-state index contributed by atoms with van der Waals surface area (Å²) in [5.74, 6) is -0.498. The Morgan fingerprint density at radius 2 is 1.90 bits per heavy atom. The number of nitrogen functional groups attached to an aromatic ring is 1. The molecule has 30 heavy (non-hydrogen) atoms. The predicted molar refractivity (Wildman–Crippen MR) is 124 cm³/mol. The molecule has 164 valence electrons. The first-order valence-electron chi connectivity index (χ1n) is 10.7. The normalized spacial score (nSPS) is 25.4. The molecule has 0 spiro atoms. The van der Waals surface area contributed by atoms with E-state index in [4.69, 9.17) is 5.73 Å². The van der Waals surface area contributed by atoms with Crippen molar-refractivity contribution in [3.05, 3.63) is 53.6 Å². The summed E-state index contributed by atoms with van der Waals surface area (Å²) in [6.45, 7) is 4.08. The first kappa shape index (κ1) is 22.6. The van der Waals surface area contributed by atoms with Gasteiger partial charge < -0.3 is 15.7 Å². The number of aliphatic hydroxyl groups excluding tert-OH is 1. The van der Waals surface area contributed by atoms with Crippen LogP contribution in [0.25, 0.3) is 0 Å². The van der Waals surface area contributed by atoms with Crippen molar-refractivity contribution < 1.29 is 13.5 Å². The molecule has 6 heteroatoms. The molecule has 1 aliphatic rings. The van der Waals surface area contributed by atoms with Crippen molar-refractivity contribution in [1.29, 1.82) is 0 Å². The van der Waals surface area contributed by atoms with Gasteiger partial charge in [-0.25, -0.2) is 8.42 Å². The Bertz CT molecular complexity index is 1000. The number of benzene rings is 2. The van der Waals surface area contributed by atoms with E-state index in [9.17, 15) is 13.5 Å². The number of nitrogens with two attached hydrogens (primary N) is 1. The lowest BCUT2D eigenvalue weighted by Gasteiger charge is -2.39. The van der Waals surface area contributed by atoms with E-state index in [0.717, 1.165) is 24.1 Å². The third-order valence-electron chi connectivity index (χ3n) is 6.60. The fraction of sp³-hybridized carbons (Fsp3) is 0.500. The fourth-order valence-electron chi connectivity index (χ4n) is 4.76. The van der Waals surface area contributed by atoms with Gasteiger partial charge in [0.2, 0.25) is 0 Å². The number of hydrogen-bond donors (Lipinski definition) is 2. The SMILES string of the molecule is CCCC[C@@]1(CC)CS(=O)(=O)c2ccc(N(C)C)cc2[C@@H](c2cccc(N)c2)[C@H]1O. The zero-order valence-corrected chi connectivity index (χ0v) is 19.2. The molecule has 1 aliphatic heterocycles. The lowest BCUT2D eigenvalue weighted by molar-refractivity contribution is 0.0174. The molecule has 3 N–H and O–H groups in total. The molecule has 0 aromatic heterocycles. The summed E-state index contributed by atoms with van der Waals surface area (Å²) in [6.07, 6.45) is 2.27. The van der Waals surface area contributed by atoms with E-state index in [1.165, 1.54) is 0 Å². The average molecular weight is 431 g/mol. The molecular weight excluding hydrogens is 396 g/mol. The second kappa shape index (κ2) is 8.60. The van der Waals surface area contributed by atoms with Crippen LogP contribution in [0, 0.1) is 5.41 Å². The van der Waals surface area contributed by atoms with Crippen LogP contribution < -0.4 is 10.6 Å². The maximum absolute atomic E-state index is 13.6. The van der Waals surface area contributed by atoms with E-state index in [-0.39, 0.29) is 5.75 Å². The number of fused-ring (bicyclic) bond motifs is 1. The van der Waals surface area contributed by atoms with Gasteiger partial charge in [0.15, 0.2) is 9.84 Å². The lowest BCUT2D eigenvalue weighted by Crippen LogP contribution is -2.42. The standard InChI is InChI=1S/C24H34N2O3S/c1-5-7-13-24(6-2)16-30(28,29)21-12-11-19(26(3)4)15-20(21)22(23(24)27)17-9-8-10-18(25)14-17/h8-12,14-15,22-23,27H,5-7,13,16,25H2,1-4H3/t22-,23-,24+/m1/s1. The van der Waals surface area contributed by atoms with E-state index >= 15 is 0 Å². The van der Waals surface area contributed by atoms with Crippen LogP contribution in [0.4, 0.5) is 11.4 Å². The van der Waals surface area contributed by atoms with Crippen LogP contribution >= 0.6 is 0 Å². The number of hydrogen-bond acceptors (Lipinski definition) is 5. The van der Waals surface area contributed by atoms with E-state index in [1.807, 2.05) is 62.3 Å². The molecule has 0 saturated carbocycles. The molecule has 5 nitrogen and oxygen atoms in total. The molecule has 0 unspecified atom stereocenters. The minimum absolute atomic E-state index is 0.0369. The molecule has 2 aromatic carbocycles. The lowest BCUT2D eigenvalue weighted by atomic mass is 9.69. The molecule has 3 rings (SSSR count). The van der Waals surface area contributed by atoms with Crippen molar-refractivity contribution in [1.82, 2.24) is 0 Å². The summed E-state index contributed by atoms with van der Waals surface area (Å²) in [5.41, 5.74) is 8.39. The monoisotopic (exact) mass is 430 g/mol. The highest BCUT2D eigenvalue weighted by molar-refractivity contribution is 7.91. The van der Waals surface area contributed by atoms with Gasteiger partial charge in [0.05, 0.1) is 16.8 Å². The van der Waals surface area contributed by atoms with Crippen molar-refractivity contribution in [3.8, 4) is 0 Å². The Kier molecular flexibility index (Phi) is 6.48. The molecule has 0 fully saturated rings. The highest BCUT2D eigenvalue weighted by atomic mass is 32.2. The van der Waals surface area contributed by atoms with Crippen LogP contribution in [0.3, 0.4) is 0 Å². The number of sulfone groups is 1. The topological polar surface area (TPSA) is 83.6 Å². The molecular formula is C24H34N2O3S. The van der Waals surface area contributed by atoms with Crippen molar-refractivity contribution in [3.63, 3.8) is 0 Å². The van der Waals surface area contributed by atoms with Gasteiger partial charge in [-0.15, -0.1) is 0 Å². The van der Waals surface area contributed by atoms with Gasteiger partial charge in [0.1, 0.15) is 0 Å². The van der Waals surface area contributed by atoms with Crippen LogP contribution in [0.1, 0.15) is 56.6 Å². The Morgan fingerprint density at radius 1 is 1.17 bits per heavy atom. The summed E-state index contributed by atoms with van der Waals surface area (Å²) in [4.78, 5) is 2.27. The minimum Gasteiger partial charge on any atom is -0.399 e. The maximum Gasteiger partial charge on any atom is 0.179 e. The van der Waals surface area contributed by atoms with E-state index in [0.29, 0.717) is 29.0 Å². The van der Waals surface area contributed by atoms with Crippen molar-refractivity contribution in [2.75, 3.05) is 30.5 Å². The van der Waals surface area contributed by atoms with Gasteiger partial charge in [-0.1, -0.05) is 38.8 Å². The van der Waals surface area contributed by atoms with Gasteiger partial charge in [0, 0.05) is 36.8 Å². The number of rotatable bonds is 6. The number of aliphatic hydroxyl groups is 1. The summed E-state index contributed by atoms with van der Waals surface area (Å²) in [6, 6.07) is 12.9. The minimum atomic E-state index is -3.56. The Morgan fingerprint density at radius 3 is 2.50 bits per heavy atom. The van der Waals surface area contributed by atoms with E-state index in [1.54, 1.807) is 6.07 Å². The van der Waals surface area contributed by atoms with E-state index < -0.39 is 27.3 Å². The average Bonchev–Trinajstić information content (AvgIpc) is 2.77. The van der Waals surface area contributed by atoms with Crippen molar-refractivity contribution >= 4 is 21.2 Å². The quantitative estimate of drug-likeness (QED) is 0.671. The van der Waals surface area contributed by atoms with Gasteiger partial charge >= 0.3 is 0 Å². The summed E-state index contributed by atoms with van der Waals surface area (Å²) >= 11 is 0. The summed E-state index contributed by atoms with van der Waals surface area (Å²) in [5, 5.41) is 11.8. The molecule has 3 atom stereocenters. The number of nitrogens with zero attached hydrogens (tertiary/aromatic N) is 1. The second-order valence-corrected chi connectivity index (χ2v) is 10.7. The van der Waals surface area contributed by atoms with Crippen LogP contribution in [0.2, 0.25) is 0 Å². The third kappa shape index (κ3) is 4.08. The first-order valence-corrected chi connectivity index (χ1v) is 12.4. The molecule has 0 saturated heterocycles. The van der Waals surface area contributed by atoms with Gasteiger partial charge in [-0.05, 0) is 54.3 Å². The fourth-order valence-corrected chi connectivity index (χ4v) is 7.01. The van der Waals surface area contributed by atoms with Gasteiger partial charge in [-0.3, -0.25) is 0 Å². The van der Waals surface area contributed by atoms with Gasteiger partial charge in [-0.2, -0.15) is 0 Å². The summed E-state index contributed by atoms with van der Waals surface area (Å²) < 4.78 is 27.1. The number of unbranched alkanes of at least 4 members (excludes halogenated alkanes) is 1. The third-order valence-corrected chi connectivity index (χ3v) is 8.60. The first-order chi connectivity index (χ1) is 14.1. The molecule has 0 aliphatic carbocycles. The second-order valence-electron chi connectivity index (χ2n) is 8.79. The maximum atomic E-state index is 13.6. The van der Waals surface area contributed by atoms with Crippen LogP contribution in [-0.2, 0) is 9.84 Å².